The lowest BCUT2D eigenvalue weighted by Gasteiger charge is -2.32. The number of nitrogens with one attached hydrogen (secondary N) is 1. The molecule has 7 nitrogen and oxygen atoms in total. The third kappa shape index (κ3) is 5.73. The fourth-order valence-corrected chi connectivity index (χ4v) is 5.05. The van der Waals surface area contributed by atoms with Gasteiger partial charge in [0.2, 0.25) is 0 Å². The van der Waals surface area contributed by atoms with Gasteiger partial charge in [0.05, 0.1) is 22.6 Å². The number of carbonyl (C=O) groups excluding carboxylic acids is 2. The van der Waals surface area contributed by atoms with Crippen LogP contribution in [0.4, 0.5) is 10.1 Å². The van der Waals surface area contributed by atoms with Crippen LogP contribution >= 0.6 is 0 Å². The molecule has 5 N–H and O–H groups in total. The quantitative estimate of drug-likeness (QED) is 0.226. The predicted octanol–water partition coefficient (Wildman–Crippen LogP) is 5.63. The van der Waals surface area contributed by atoms with Crippen LogP contribution in [0.5, 0.6) is 0 Å². The van der Waals surface area contributed by atoms with Gasteiger partial charge in [-0.3, -0.25) is 9.59 Å². The summed E-state index contributed by atoms with van der Waals surface area (Å²) in [5.74, 6) is -0.453. The molecule has 3 aromatic carbocycles. The molecule has 206 valence electrons. The minimum Gasteiger partial charge on any atom is -0.326 e. The maximum Gasteiger partial charge on any atom is 0.274 e. The zero-order valence-corrected chi connectivity index (χ0v) is 22.8. The Balaban J connectivity index is 1.48. The lowest BCUT2D eigenvalue weighted by Crippen LogP contribution is -2.38. The second-order valence-corrected chi connectivity index (χ2v) is 10.7. The van der Waals surface area contributed by atoms with Crippen LogP contribution in [0.25, 0.3) is 5.69 Å². The number of anilines is 1. The number of ketones is 1. The largest absolute Gasteiger partial charge is 0.326 e. The molecule has 1 amide bonds. The Kier molecular flexibility index (Phi) is 7.65. The van der Waals surface area contributed by atoms with Crippen LogP contribution in [0, 0.1) is 18.7 Å². The van der Waals surface area contributed by atoms with Crippen molar-refractivity contribution in [2.45, 2.75) is 51.6 Å². The Morgan fingerprint density at radius 2 is 1.77 bits per heavy atom. The molecule has 40 heavy (non-hydrogen) atoms. The van der Waals surface area contributed by atoms with Crippen molar-refractivity contribution in [3.05, 3.63) is 112 Å². The molecule has 1 unspecified atom stereocenters. The molecule has 1 saturated carbocycles. The number of carbonyl (C=O) groups is 2. The molecule has 0 bridgehead atoms. The Labute approximate surface area is 233 Å². The van der Waals surface area contributed by atoms with E-state index in [4.69, 9.17) is 11.5 Å². The van der Waals surface area contributed by atoms with Gasteiger partial charge in [-0.2, -0.15) is 5.10 Å². The van der Waals surface area contributed by atoms with Crippen molar-refractivity contribution in [2.24, 2.45) is 17.4 Å². The van der Waals surface area contributed by atoms with E-state index < -0.39 is 17.3 Å². The van der Waals surface area contributed by atoms with Crippen molar-refractivity contribution in [1.82, 2.24) is 9.78 Å². The van der Waals surface area contributed by atoms with E-state index in [1.54, 1.807) is 37.3 Å². The summed E-state index contributed by atoms with van der Waals surface area (Å²) in [5.41, 5.74) is 16.6. The van der Waals surface area contributed by atoms with Crippen LogP contribution in [-0.4, -0.2) is 21.5 Å². The van der Waals surface area contributed by atoms with Gasteiger partial charge in [-0.05, 0) is 79.6 Å². The molecule has 0 radical (unpaired) electrons. The standard InChI is InChI=1S/C32H34FN5O2/c1-20-16-30(38(37-20)27-5-3-4-23(17-27)19-34)31(40)36-29-18-26(12-13-28(29)33)32(35,15-14-22-6-7-22)25-10-8-24(9-11-25)21(2)39/h3-5,8-13,16-18,22H,6-7,14-15,19,34-35H2,1-2H3,(H,36,40). The number of halogens is 1. The molecule has 1 fully saturated rings. The predicted molar refractivity (Wildman–Crippen MR) is 154 cm³/mol. The van der Waals surface area contributed by atoms with Gasteiger partial charge in [0.25, 0.3) is 5.91 Å². The number of Topliss-reactive ketones (excluding diaryl/α,β-unsaturated/α-hetero) is 1. The lowest BCUT2D eigenvalue weighted by molar-refractivity contribution is 0.101. The Hall–Kier alpha value is -4.14. The number of amides is 1. The van der Waals surface area contributed by atoms with Gasteiger partial charge in [0, 0.05) is 12.1 Å². The maximum atomic E-state index is 15.1. The molecule has 1 aromatic heterocycles. The van der Waals surface area contributed by atoms with E-state index in [9.17, 15) is 9.59 Å². The summed E-state index contributed by atoms with van der Waals surface area (Å²) in [6.45, 7) is 3.67. The number of benzene rings is 3. The normalized spacial score (nSPS) is 14.5. The van der Waals surface area contributed by atoms with E-state index in [2.05, 4.69) is 10.4 Å². The second-order valence-electron chi connectivity index (χ2n) is 10.7. The molecule has 1 heterocycles. The molecule has 0 spiro atoms. The van der Waals surface area contributed by atoms with Gasteiger partial charge < -0.3 is 16.8 Å². The van der Waals surface area contributed by atoms with E-state index in [0.717, 1.165) is 17.5 Å². The van der Waals surface area contributed by atoms with Crippen molar-refractivity contribution in [2.75, 3.05) is 5.32 Å². The van der Waals surface area contributed by atoms with E-state index in [-0.39, 0.29) is 17.2 Å². The van der Waals surface area contributed by atoms with Gasteiger partial charge in [0.15, 0.2) is 5.78 Å². The third-order valence-corrected chi connectivity index (χ3v) is 7.64. The van der Waals surface area contributed by atoms with Crippen molar-refractivity contribution >= 4 is 17.4 Å². The molecule has 1 aliphatic rings. The molecule has 5 rings (SSSR count). The molecular weight excluding hydrogens is 505 g/mol. The van der Waals surface area contributed by atoms with Crippen LogP contribution in [0.2, 0.25) is 0 Å². The van der Waals surface area contributed by atoms with E-state index in [1.807, 2.05) is 36.4 Å². The number of aromatic nitrogens is 2. The van der Waals surface area contributed by atoms with Crippen molar-refractivity contribution in [3.63, 3.8) is 0 Å². The number of rotatable bonds is 10. The second kappa shape index (κ2) is 11.2. The molecule has 0 saturated heterocycles. The Bertz CT molecular complexity index is 1560. The highest BCUT2D eigenvalue weighted by Crippen LogP contribution is 2.40. The number of hydrogen-bond donors (Lipinski definition) is 3. The van der Waals surface area contributed by atoms with Gasteiger partial charge >= 0.3 is 0 Å². The molecule has 1 aliphatic carbocycles. The van der Waals surface area contributed by atoms with E-state index in [1.165, 1.54) is 30.5 Å². The van der Waals surface area contributed by atoms with Crippen LogP contribution < -0.4 is 16.8 Å². The minimum atomic E-state index is -0.924. The van der Waals surface area contributed by atoms with Crippen LogP contribution in [0.15, 0.2) is 72.8 Å². The van der Waals surface area contributed by atoms with Gasteiger partial charge in [0.1, 0.15) is 11.5 Å². The Morgan fingerprint density at radius 1 is 1.05 bits per heavy atom. The lowest BCUT2D eigenvalue weighted by atomic mass is 9.79. The van der Waals surface area contributed by atoms with Crippen LogP contribution in [0.3, 0.4) is 0 Å². The highest BCUT2D eigenvalue weighted by molar-refractivity contribution is 6.03. The van der Waals surface area contributed by atoms with Crippen LogP contribution in [0.1, 0.15) is 75.8 Å². The summed E-state index contributed by atoms with van der Waals surface area (Å²) < 4.78 is 16.6. The number of hydrogen-bond acceptors (Lipinski definition) is 5. The molecule has 0 aliphatic heterocycles. The fraction of sp³-hybridized carbons (Fsp3) is 0.281. The van der Waals surface area contributed by atoms with Gasteiger partial charge in [-0.25, -0.2) is 9.07 Å². The first kappa shape index (κ1) is 27.4. The molecular formula is C32H34FN5O2. The van der Waals surface area contributed by atoms with Crippen LogP contribution in [-0.2, 0) is 12.1 Å². The van der Waals surface area contributed by atoms with Gasteiger partial charge in [-0.1, -0.05) is 55.3 Å². The summed E-state index contributed by atoms with van der Waals surface area (Å²) in [4.78, 5) is 25.3. The average molecular weight is 540 g/mol. The first-order valence-electron chi connectivity index (χ1n) is 13.6. The number of nitrogens with zero attached hydrogens (tertiary/aromatic N) is 2. The summed E-state index contributed by atoms with van der Waals surface area (Å²) in [7, 11) is 0. The summed E-state index contributed by atoms with van der Waals surface area (Å²) in [6.07, 6.45) is 3.96. The summed E-state index contributed by atoms with van der Waals surface area (Å²) >= 11 is 0. The zero-order chi connectivity index (χ0) is 28.4. The topological polar surface area (TPSA) is 116 Å². The molecule has 4 aromatic rings. The number of aryl methyl sites for hydroxylation is 1. The number of nitrogens with two attached hydrogens (primary N) is 2. The monoisotopic (exact) mass is 539 g/mol. The highest BCUT2D eigenvalue weighted by atomic mass is 19.1. The SMILES string of the molecule is CC(=O)c1ccc(C(N)(CCC2CC2)c2ccc(F)c(NC(=O)c3cc(C)nn3-c3cccc(CN)c3)c2)cc1. The van der Waals surface area contributed by atoms with Gasteiger partial charge in [-0.15, -0.1) is 0 Å². The highest BCUT2D eigenvalue weighted by Gasteiger charge is 2.33. The smallest absolute Gasteiger partial charge is 0.274 e. The van der Waals surface area contributed by atoms with E-state index >= 15 is 4.39 Å². The third-order valence-electron chi connectivity index (χ3n) is 7.64. The summed E-state index contributed by atoms with van der Waals surface area (Å²) in [6, 6.07) is 21.0. The minimum absolute atomic E-state index is 0.0248. The van der Waals surface area contributed by atoms with Crippen molar-refractivity contribution in [3.8, 4) is 5.69 Å². The molecule has 1 atom stereocenters. The van der Waals surface area contributed by atoms with Crippen molar-refractivity contribution < 1.29 is 14.0 Å². The summed E-state index contributed by atoms with van der Waals surface area (Å²) in [5, 5.41) is 7.23. The molecule has 8 heteroatoms. The average Bonchev–Trinajstić information content (AvgIpc) is 3.71. The maximum absolute atomic E-state index is 15.1. The zero-order valence-electron chi connectivity index (χ0n) is 22.8. The van der Waals surface area contributed by atoms with E-state index in [0.29, 0.717) is 41.4 Å². The fourth-order valence-electron chi connectivity index (χ4n) is 5.05. The first-order valence-corrected chi connectivity index (χ1v) is 13.6. The van der Waals surface area contributed by atoms with Crippen molar-refractivity contribution in [1.29, 1.82) is 0 Å². The first-order chi connectivity index (χ1) is 19.2. The Morgan fingerprint density at radius 3 is 2.45 bits per heavy atom.